The highest BCUT2D eigenvalue weighted by molar-refractivity contribution is 7.18. The number of rotatable bonds is 3. The molecule has 5 rings (SSSR count). The fraction of sp³-hybridized carbons (Fsp3) is 0.619. The van der Waals surface area contributed by atoms with Gasteiger partial charge in [0.15, 0.2) is 0 Å². The van der Waals surface area contributed by atoms with Crippen molar-refractivity contribution in [2.24, 2.45) is 11.8 Å². The van der Waals surface area contributed by atoms with Crippen molar-refractivity contribution in [3.8, 4) is 0 Å². The van der Waals surface area contributed by atoms with E-state index < -0.39 is 0 Å². The van der Waals surface area contributed by atoms with Crippen LogP contribution >= 0.6 is 11.3 Å². The van der Waals surface area contributed by atoms with Crippen molar-refractivity contribution < 1.29 is 9.59 Å². The van der Waals surface area contributed by atoms with Crippen molar-refractivity contribution in [1.82, 2.24) is 19.4 Å². The van der Waals surface area contributed by atoms with Gasteiger partial charge in [0.2, 0.25) is 11.8 Å². The van der Waals surface area contributed by atoms with Gasteiger partial charge in [0.1, 0.15) is 11.4 Å². The molecule has 1 atom stereocenters. The second kappa shape index (κ2) is 7.23. The van der Waals surface area contributed by atoms with Gasteiger partial charge in [0, 0.05) is 37.0 Å². The average Bonchev–Trinajstić information content (AvgIpc) is 3.50. The van der Waals surface area contributed by atoms with Crippen LogP contribution in [0.4, 0.5) is 0 Å². The molecule has 2 aliphatic carbocycles. The molecule has 3 aliphatic rings. The number of amides is 2. The van der Waals surface area contributed by atoms with Crippen LogP contribution in [0.3, 0.4) is 0 Å². The number of piperazine rings is 1. The second-order valence-electron chi connectivity index (χ2n) is 8.69. The minimum atomic E-state index is -0.0991. The molecule has 1 unspecified atom stereocenters. The van der Waals surface area contributed by atoms with E-state index >= 15 is 0 Å². The molecule has 0 radical (unpaired) electrons. The summed E-state index contributed by atoms with van der Waals surface area (Å²) in [5.74, 6) is 1.02. The van der Waals surface area contributed by atoms with E-state index in [9.17, 15) is 14.4 Å². The van der Waals surface area contributed by atoms with Crippen molar-refractivity contribution >= 4 is 33.4 Å². The Balaban J connectivity index is 1.30. The summed E-state index contributed by atoms with van der Waals surface area (Å²) in [5.41, 5.74) is 1.05. The normalized spacial score (nSPS) is 22.0. The number of carbonyl (C=O) groups excluding carboxylic acids is 2. The van der Waals surface area contributed by atoms with Gasteiger partial charge in [-0.1, -0.05) is 6.92 Å². The highest BCUT2D eigenvalue weighted by atomic mass is 32.1. The van der Waals surface area contributed by atoms with E-state index in [2.05, 4.69) is 11.9 Å². The van der Waals surface area contributed by atoms with E-state index in [0.29, 0.717) is 37.5 Å². The summed E-state index contributed by atoms with van der Waals surface area (Å²) in [6.07, 6.45) is 6.54. The molecule has 1 saturated carbocycles. The summed E-state index contributed by atoms with van der Waals surface area (Å²) in [6.45, 7) is 4.50. The lowest BCUT2D eigenvalue weighted by Gasteiger charge is -2.35. The van der Waals surface area contributed by atoms with Gasteiger partial charge < -0.3 is 9.80 Å². The Morgan fingerprint density at radius 1 is 1.14 bits per heavy atom. The standard InChI is InChI=1S/C21H26N4O3S/c1-13-2-5-15-16(10-13)29-19-18(15)21(28)25(12-22-19)11-17(26)23-6-8-24(9-7-23)20(27)14-3-4-14/h12-14H,2-11H2,1H3. The third kappa shape index (κ3) is 3.47. The van der Waals surface area contributed by atoms with Gasteiger partial charge in [-0.15, -0.1) is 11.3 Å². The van der Waals surface area contributed by atoms with Gasteiger partial charge in [-0.3, -0.25) is 19.0 Å². The van der Waals surface area contributed by atoms with E-state index in [-0.39, 0.29) is 29.8 Å². The van der Waals surface area contributed by atoms with Crippen LogP contribution in [0.1, 0.15) is 36.6 Å². The van der Waals surface area contributed by atoms with E-state index in [1.807, 2.05) is 4.90 Å². The molecule has 7 nitrogen and oxygen atoms in total. The van der Waals surface area contributed by atoms with Gasteiger partial charge in [-0.25, -0.2) is 4.98 Å². The minimum Gasteiger partial charge on any atom is -0.339 e. The molecule has 29 heavy (non-hydrogen) atoms. The highest BCUT2D eigenvalue weighted by Gasteiger charge is 2.35. The first-order valence-electron chi connectivity index (χ1n) is 10.6. The number of thiophene rings is 1. The Morgan fingerprint density at radius 2 is 1.86 bits per heavy atom. The summed E-state index contributed by atoms with van der Waals surface area (Å²) in [5, 5.41) is 0.715. The first-order chi connectivity index (χ1) is 14.0. The van der Waals surface area contributed by atoms with Crippen LogP contribution in [0.2, 0.25) is 0 Å². The molecule has 0 bridgehead atoms. The lowest BCUT2D eigenvalue weighted by atomic mass is 9.89. The van der Waals surface area contributed by atoms with Crippen LogP contribution in [0.5, 0.6) is 0 Å². The predicted octanol–water partition coefficient (Wildman–Crippen LogP) is 1.66. The fourth-order valence-corrected chi connectivity index (χ4v) is 5.83. The van der Waals surface area contributed by atoms with Crippen molar-refractivity contribution in [1.29, 1.82) is 0 Å². The summed E-state index contributed by atoms with van der Waals surface area (Å²) < 4.78 is 1.46. The maximum Gasteiger partial charge on any atom is 0.262 e. The third-order valence-electron chi connectivity index (χ3n) is 6.46. The van der Waals surface area contributed by atoms with E-state index in [0.717, 1.165) is 42.5 Å². The molecule has 2 aromatic heterocycles. The highest BCUT2D eigenvalue weighted by Crippen LogP contribution is 2.35. The SMILES string of the molecule is CC1CCc2c(sc3ncn(CC(=O)N4CCN(C(=O)C5CC5)CC4)c(=O)c23)C1. The van der Waals surface area contributed by atoms with Crippen LogP contribution in [0, 0.1) is 11.8 Å². The molecule has 3 heterocycles. The van der Waals surface area contributed by atoms with Crippen LogP contribution in [-0.4, -0.2) is 57.3 Å². The van der Waals surface area contributed by atoms with Gasteiger partial charge in [-0.05, 0) is 43.6 Å². The molecule has 0 spiro atoms. The van der Waals surface area contributed by atoms with E-state index in [1.54, 1.807) is 16.2 Å². The molecular formula is C21H26N4O3S. The van der Waals surface area contributed by atoms with E-state index in [1.165, 1.54) is 15.8 Å². The van der Waals surface area contributed by atoms with Crippen molar-refractivity contribution in [3.05, 3.63) is 27.1 Å². The number of hydrogen-bond donors (Lipinski definition) is 0. The number of aromatic nitrogens is 2. The fourth-order valence-electron chi connectivity index (χ4n) is 4.49. The third-order valence-corrected chi connectivity index (χ3v) is 7.62. The molecule has 8 heteroatoms. The quantitative estimate of drug-likeness (QED) is 0.766. The Kier molecular flexibility index (Phi) is 4.69. The predicted molar refractivity (Wildman–Crippen MR) is 111 cm³/mol. The Labute approximate surface area is 173 Å². The largest absolute Gasteiger partial charge is 0.339 e. The molecule has 154 valence electrons. The van der Waals surface area contributed by atoms with Gasteiger partial charge in [-0.2, -0.15) is 0 Å². The summed E-state index contributed by atoms with van der Waals surface area (Å²) >= 11 is 1.63. The van der Waals surface area contributed by atoms with Crippen LogP contribution < -0.4 is 5.56 Å². The van der Waals surface area contributed by atoms with Crippen LogP contribution in [-0.2, 0) is 29.0 Å². The van der Waals surface area contributed by atoms with Crippen LogP contribution in [0.15, 0.2) is 11.1 Å². The Morgan fingerprint density at radius 3 is 2.59 bits per heavy atom. The number of hydrogen-bond acceptors (Lipinski definition) is 5. The van der Waals surface area contributed by atoms with Crippen molar-refractivity contribution in [2.75, 3.05) is 26.2 Å². The average molecular weight is 415 g/mol. The van der Waals surface area contributed by atoms with Gasteiger partial charge in [0.25, 0.3) is 5.56 Å². The Hall–Kier alpha value is -2.22. The molecule has 2 amide bonds. The summed E-state index contributed by atoms with van der Waals surface area (Å²) in [7, 11) is 0. The monoisotopic (exact) mass is 414 g/mol. The number of nitrogens with zero attached hydrogens (tertiary/aromatic N) is 4. The minimum absolute atomic E-state index is 0.0133. The molecule has 1 saturated heterocycles. The first-order valence-corrected chi connectivity index (χ1v) is 11.4. The molecular weight excluding hydrogens is 388 g/mol. The molecule has 0 aromatic carbocycles. The Bertz CT molecular complexity index is 1030. The first kappa shape index (κ1) is 18.8. The van der Waals surface area contributed by atoms with Gasteiger partial charge in [0.05, 0.1) is 11.7 Å². The van der Waals surface area contributed by atoms with Crippen molar-refractivity contribution in [2.45, 2.75) is 45.6 Å². The zero-order valence-corrected chi connectivity index (χ0v) is 17.5. The summed E-state index contributed by atoms with van der Waals surface area (Å²) in [6, 6.07) is 0. The lowest BCUT2D eigenvalue weighted by molar-refractivity contribution is -0.140. The second-order valence-corrected chi connectivity index (χ2v) is 9.77. The molecule has 0 N–H and O–H groups in total. The number of aryl methyl sites for hydroxylation is 1. The van der Waals surface area contributed by atoms with Crippen molar-refractivity contribution in [3.63, 3.8) is 0 Å². The number of carbonyl (C=O) groups is 2. The zero-order chi connectivity index (χ0) is 20.1. The zero-order valence-electron chi connectivity index (χ0n) is 16.7. The summed E-state index contributed by atoms with van der Waals surface area (Å²) in [4.78, 5) is 48.3. The lowest BCUT2D eigenvalue weighted by Crippen LogP contribution is -2.52. The smallest absolute Gasteiger partial charge is 0.262 e. The maximum atomic E-state index is 13.1. The number of fused-ring (bicyclic) bond motifs is 3. The van der Waals surface area contributed by atoms with Crippen LogP contribution in [0.25, 0.3) is 10.2 Å². The topological polar surface area (TPSA) is 75.5 Å². The molecule has 2 fully saturated rings. The molecule has 1 aliphatic heterocycles. The van der Waals surface area contributed by atoms with Gasteiger partial charge >= 0.3 is 0 Å². The van der Waals surface area contributed by atoms with E-state index in [4.69, 9.17) is 0 Å². The maximum absolute atomic E-state index is 13.1. The molecule has 2 aromatic rings.